The first-order valence-electron chi connectivity index (χ1n) is 6.05. The molecule has 0 bridgehead atoms. The summed E-state index contributed by atoms with van der Waals surface area (Å²) >= 11 is 6.43. The molecule has 1 N–H and O–H groups in total. The Morgan fingerprint density at radius 3 is 2.78 bits per heavy atom. The third-order valence-electron chi connectivity index (χ3n) is 2.36. The highest BCUT2D eigenvalue weighted by Crippen LogP contribution is 2.15. The first-order chi connectivity index (χ1) is 8.63. The zero-order valence-electron chi connectivity index (χ0n) is 10.8. The summed E-state index contributed by atoms with van der Waals surface area (Å²) in [5.74, 6) is -0.234. The minimum absolute atomic E-state index is 0.234. The van der Waals surface area contributed by atoms with Gasteiger partial charge in [-0.15, -0.1) is 11.3 Å². The monoisotopic (exact) mass is 289 g/mol. The average molecular weight is 289 g/mol. The number of aromatic nitrogens is 1. The van der Waals surface area contributed by atoms with Gasteiger partial charge < -0.3 is 14.5 Å². The van der Waals surface area contributed by atoms with Gasteiger partial charge in [-0.25, -0.2) is 0 Å². The zero-order chi connectivity index (χ0) is 13.4. The van der Waals surface area contributed by atoms with E-state index in [2.05, 4.69) is 11.9 Å². The van der Waals surface area contributed by atoms with Gasteiger partial charge in [0, 0.05) is 17.2 Å². The predicted molar refractivity (Wildman–Crippen MR) is 74.6 cm³/mol. The molecular formula is C12H19NO3S2. The Kier molecular flexibility index (Phi) is 7.15. The van der Waals surface area contributed by atoms with Crippen molar-refractivity contribution in [2.75, 3.05) is 19.8 Å². The van der Waals surface area contributed by atoms with E-state index < -0.39 is 0 Å². The van der Waals surface area contributed by atoms with Crippen LogP contribution in [0.5, 0.6) is 0 Å². The summed E-state index contributed by atoms with van der Waals surface area (Å²) in [6, 6.07) is 0. The number of rotatable bonds is 8. The minimum atomic E-state index is -0.234. The summed E-state index contributed by atoms with van der Waals surface area (Å²) in [6.07, 6.45) is 2.43. The van der Waals surface area contributed by atoms with Crippen LogP contribution in [0.25, 0.3) is 0 Å². The normalized spacial score (nSPS) is 10.6. The molecule has 4 nitrogen and oxygen atoms in total. The number of nitrogens with one attached hydrogen (secondary N) is 1. The third kappa shape index (κ3) is 5.75. The van der Waals surface area contributed by atoms with E-state index in [9.17, 15) is 4.79 Å². The van der Waals surface area contributed by atoms with Crippen LogP contribution in [0, 0.1) is 10.9 Å². The number of carbonyl (C=O) groups excluding carboxylic acids is 1. The van der Waals surface area contributed by atoms with Crippen LogP contribution in [-0.4, -0.2) is 30.8 Å². The van der Waals surface area contributed by atoms with E-state index in [0.717, 1.165) is 30.0 Å². The van der Waals surface area contributed by atoms with Gasteiger partial charge in [0.25, 0.3) is 0 Å². The molecule has 0 radical (unpaired) electrons. The fourth-order valence-corrected chi connectivity index (χ4v) is 2.63. The van der Waals surface area contributed by atoms with Crippen molar-refractivity contribution in [1.82, 2.24) is 4.98 Å². The van der Waals surface area contributed by atoms with E-state index in [1.165, 1.54) is 11.3 Å². The van der Waals surface area contributed by atoms with Gasteiger partial charge in [-0.05, 0) is 25.6 Å². The summed E-state index contributed by atoms with van der Waals surface area (Å²) in [5.41, 5.74) is 0.946. The van der Waals surface area contributed by atoms with Gasteiger partial charge >= 0.3 is 5.97 Å². The molecule has 1 rings (SSSR count). The van der Waals surface area contributed by atoms with Crippen LogP contribution in [0.1, 0.15) is 30.3 Å². The van der Waals surface area contributed by atoms with E-state index in [1.54, 1.807) is 0 Å². The lowest BCUT2D eigenvalue weighted by atomic mass is 10.3. The number of hydrogen-bond donors (Lipinski definition) is 1. The molecule has 0 saturated heterocycles. The van der Waals surface area contributed by atoms with Gasteiger partial charge in [-0.3, -0.25) is 4.79 Å². The van der Waals surface area contributed by atoms with Crippen LogP contribution in [0.15, 0.2) is 0 Å². The van der Waals surface area contributed by atoms with Crippen molar-refractivity contribution in [3.63, 3.8) is 0 Å². The molecule has 18 heavy (non-hydrogen) atoms. The van der Waals surface area contributed by atoms with E-state index in [0.29, 0.717) is 17.2 Å². The molecule has 0 fully saturated rings. The molecule has 0 spiro atoms. The Balaban J connectivity index is 2.18. The molecule has 0 saturated carbocycles. The number of esters is 1. The Morgan fingerprint density at radius 2 is 2.17 bits per heavy atom. The molecule has 1 aromatic heterocycles. The topological polar surface area (TPSA) is 51.3 Å². The zero-order valence-corrected chi connectivity index (χ0v) is 12.4. The fraction of sp³-hybridized carbons (Fsp3) is 0.667. The summed E-state index contributed by atoms with van der Waals surface area (Å²) in [7, 11) is 0. The molecule has 6 heteroatoms. The van der Waals surface area contributed by atoms with Crippen molar-refractivity contribution in [3.8, 4) is 0 Å². The molecule has 0 amide bonds. The Hall–Kier alpha value is -0.720. The van der Waals surface area contributed by atoms with Crippen molar-refractivity contribution in [2.24, 2.45) is 0 Å². The highest BCUT2D eigenvalue weighted by molar-refractivity contribution is 7.73. The maximum atomic E-state index is 11.5. The number of ether oxygens (including phenoxy) is 2. The van der Waals surface area contributed by atoms with Gasteiger partial charge in [0.2, 0.25) is 0 Å². The molecule has 1 aromatic rings. The van der Waals surface area contributed by atoms with Gasteiger partial charge in [0.1, 0.15) is 6.61 Å². The SMILES string of the molecule is CCCCOCCOC(=O)Cc1sc(=S)[nH]c1C. The maximum Gasteiger partial charge on any atom is 0.311 e. The molecule has 0 atom stereocenters. The molecule has 0 unspecified atom stereocenters. The number of unbranched alkanes of at least 4 members (excludes halogenated alkanes) is 1. The summed E-state index contributed by atoms with van der Waals surface area (Å²) in [4.78, 5) is 15.5. The second kappa shape index (κ2) is 8.39. The average Bonchev–Trinajstić information content (AvgIpc) is 2.62. The Labute approximate surface area is 116 Å². The van der Waals surface area contributed by atoms with E-state index in [1.807, 2.05) is 6.92 Å². The quantitative estimate of drug-likeness (QED) is 0.454. The van der Waals surface area contributed by atoms with Crippen LogP contribution < -0.4 is 0 Å². The fourth-order valence-electron chi connectivity index (χ4n) is 1.35. The second-order valence-corrected chi connectivity index (χ2v) is 5.70. The van der Waals surface area contributed by atoms with E-state index in [-0.39, 0.29) is 12.4 Å². The molecule has 1 heterocycles. The van der Waals surface area contributed by atoms with Gasteiger partial charge in [-0.1, -0.05) is 13.3 Å². The van der Waals surface area contributed by atoms with Crippen molar-refractivity contribution < 1.29 is 14.3 Å². The van der Waals surface area contributed by atoms with Crippen molar-refractivity contribution >= 4 is 29.5 Å². The minimum Gasteiger partial charge on any atom is -0.463 e. The summed E-state index contributed by atoms with van der Waals surface area (Å²) in [6.45, 7) is 5.53. The molecule has 0 aromatic carbocycles. The van der Waals surface area contributed by atoms with Gasteiger partial charge in [-0.2, -0.15) is 0 Å². The lowest BCUT2D eigenvalue weighted by Gasteiger charge is -2.05. The largest absolute Gasteiger partial charge is 0.463 e. The lowest BCUT2D eigenvalue weighted by molar-refractivity contribution is -0.144. The first-order valence-corrected chi connectivity index (χ1v) is 7.28. The standard InChI is InChI=1S/C12H19NO3S2/c1-3-4-5-15-6-7-16-11(14)8-10-9(2)13-12(17)18-10/h3-8H2,1-2H3,(H,13,17). The summed E-state index contributed by atoms with van der Waals surface area (Å²) in [5, 5.41) is 0. The number of thiazole rings is 1. The van der Waals surface area contributed by atoms with Crippen molar-refractivity contribution in [1.29, 1.82) is 0 Å². The highest BCUT2D eigenvalue weighted by Gasteiger charge is 2.09. The van der Waals surface area contributed by atoms with Crippen LogP contribution in [0.4, 0.5) is 0 Å². The maximum absolute atomic E-state index is 11.5. The lowest BCUT2D eigenvalue weighted by Crippen LogP contribution is -2.13. The van der Waals surface area contributed by atoms with Gasteiger partial charge in [0.15, 0.2) is 3.95 Å². The number of aryl methyl sites for hydroxylation is 1. The molecule has 0 aliphatic carbocycles. The molecule has 0 aliphatic rings. The van der Waals surface area contributed by atoms with Crippen LogP contribution in [-0.2, 0) is 20.7 Å². The molecular weight excluding hydrogens is 270 g/mol. The highest BCUT2D eigenvalue weighted by atomic mass is 32.1. The van der Waals surface area contributed by atoms with Crippen molar-refractivity contribution in [3.05, 3.63) is 14.5 Å². The van der Waals surface area contributed by atoms with Crippen LogP contribution >= 0.6 is 23.6 Å². The summed E-state index contributed by atoms with van der Waals surface area (Å²) < 4.78 is 11.1. The smallest absolute Gasteiger partial charge is 0.311 e. The Bertz CT molecular complexity index is 425. The Morgan fingerprint density at radius 1 is 1.39 bits per heavy atom. The van der Waals surface area contributed by atoms with Crippen LogP contribution in [0.2, 0.25) is 0 Å². The van der Waals surface area contributed by atoms with Crippen molar-refractivity contribution in [2.45, 2.75) is 33.1 Å². The van der Waals surface area contributed by atoms with E-state index >= 15 is 0 Å². The first kappa shape index (κ1) is 15.3. The second-order valence-electron chi connectivity index (χ2n) is 3.93. The third-order valence-corrected chi connectivity index (χ3v) is 3.70. The van der Waals surface area contributed by atoms with Gasteiger partial charge in [0.05, 0.1) is 13.0 Å². The predicted octanol–water partition coefficient (Wildman–Crippen LogP) is 3.02. The number of hydrogen-bond acceptors (Lipinski definition) is 5. The molecule has 102 valence electrons. The molecule has 0 aliphatic heterocycles. The number of aromatic amines is 1. The number of H-pyrrole nitrogens is 1. The van der Waals surface area contributed by atoms with Crippen LogP contribution in [0.3, 0.4) is 0 Å². The van der Waals surface area contributed by atoms with E-state index in [4.69, 9.17) is 21.7 Å². The number of carbonyl (C=O) groups is 1.